The average molecular weight is 304 g/mol. The van der Waals surface area contributed by atoms with Gasteiger partial charge >= 0.3 is 0 Å². The number of rotatable bonds is 5. The van der Waals surface area contributed by atoms with Crippen LogP contribution in [0.5, 0.6) is 0 Å². The summed E-state index contributed by atoms with van der Waals surface area (Å²) in [6, 6.07) is 13.3. The second kappa shape index (κ2) is 6.28. The summed E-state index contributed by atoms with van der Waals surface area (Å²) in [5, 5.41) is 3.30. The Balaban J connectivity index is 2.22. The Hall–Kier alpha value is -1.85. The molecule has 0 radical (unpaired) electrons. The molecule has 0 aliphatic heterocycles. The molecule has 0 spiro atoms. The first-order valence-corrected chi connectivity index (χ1v) is 8.24. The molecule has 21 heavy (non-hydrogen) atoms. The zero-order valence-electron chi connectivity index (χ0n) is 12.5. The molecule has 0 aromatic heterocycles. The molecule has 0 atom stereocenters. The number of aryl methyl sites for hydroxylation is 2. The number of hydrogen-bond donors (Lipinski definition) is 2. The maximum Gasteiger partial charge on any atom is 0.240 e. The fourth-order valence-electron chi connectivity index (χ4n) is 2.10. The van der Waals surface area contributed by atoms with E-state index in [1.54, 1.807) is 12.1 Å². The van der Waals surface area contributed by atoms with Crippen molar-refractivity contribution < 1.29 is 8.42 Å². The number of anilines is 1. The van der Waals surface area contributed by atoms with Crippen LogP contribution in [0.25, 0.3) is 0 Å². The minimum absolute atomic E-state index is 0.266. The summed E-state index contributed by atoms with van der Waals surface area (Å²) in [5.41, 5.74) is 4.21. The lowest BCUT2D eigenvalue weighted by molar-refractivity contribution is 0.588. The standard InChI is InChI=1S/C16H20N2O2S/c1-12-5-4-6-14(9-12)11-18-16-10-15(8-7-13(16)2)21(19,20)17-3/h4-10,17-18H,11H2,1-3H3. The van der Waals surface area contributed by atoms with Crippen LogP contribution < -0.4 is 10.0 Å². The third-order valence-corrected chi connectivity index (χ3v) is 4.77. The molecule has 0 amide bonds. The van der Waals surface area contributed by atoms with Gasteiger partial charge in [-0.2, -0.15) is 0 Å². The summed E-state index contributed by atoms with van der Waals surface area (Å²) in [6.45, 7) is 4.66. The summed E-state index contributed by atoms with van der Waals surface area (Å²) >= 11 is 0. The highest BCUT2D eigenvalue weighted by molar-refractivity contribution is 7.89. The number of hydrogen-bond acceptors (Lipinski definition) is 3. The second-order valence-electron chi connectivity index (χ2n) is 5.03. The predicted molar refractivity (Wildman–Crippen MR) is 85.9 cm³/mol. The van der Waals surface area contributed by atoms with Crippen LogP contribution in [0.1, 0.15) is 16.7 Å². The fourth-order valence-corrected chi connectivity index (χ4v) is 2.85. The highest BCUT2D eigenvalue weighted by Crippen LogP contribution is 2.21. The van der Waals surface area contributed by atoms with Crippen molar-refractivity contribution in [3.05, 3.63) is 59.2 Å². The first-order chi connectivity index (χ1) is 9.92. The third kappa shape index (κ3) is 3.83. The quantitative estimate of drug-likeness (QED) is 0.893. The van der Waals surface area contributed by atoms with E-state index in [1.165, 1.54) is 12.6 Å². The molecule has 2 rings (SSSR count). The van der Waals surface area contributed by atoms with Gasteiger partial charge in [0.1, 0.15) is 0 Å². The van der Waals surface area contributed by atoms with Gasteiger partial charge in [0.2, 0.25) is 10.0 Å². The van der Waals surface area contributed by atoms with Crippen molar-refractivity contribution in [1.29, 1.82) is 0 Å². The molecule has 2 N–H and O–H groups in total. The first-order valence-electron chi connectivity index (χ1n) is 6.76. The summed E-state index contributed by atoms with van der Waals surface area (Å²) < 4.78 is 26.0. The lowest BCUT2D eigenvalue weighted by Gasteiger charge is -2.12. The van der Waals surface area contributed by atoms with E-state index in [9.17, 15) is 8.42 Å². The molecular formula is C16H20N2O2S. The zero-order chi connectivity index (χ0) is 15.5. The molecule has 4 nitrogen and oxygen atoms in total. The first kappa shape index (κ1) is 15.5. The van der Waals surface area contributed by atoms with Crippen molar-refractivity contribution in [2.45, 2.75) is 25.3 Å². The molecule has 0 heterocycles. The van der Waals surface area contributed by atoms with Crippen LogP contribution in [-0.4, -0.2) is 15.5 Å². The highest BCUT2D eigenvalue weighted by Gasteiger charge is 2.12. The Morgan fingerprint density at radius 2 is 1.81 bits per heavy atom. The lowest BCUT2D eigenvalue weighted by Crippen LogP contribution is -2.18. The van der Waals surface area contributed by atoms with E-state index in [0.717, 1.165) is 16.8 Å². The van der Waals surface area contributed by atoms with Gasteiger partial charge in [-0.3, -0.25) is 0 Å². The largest absolute Gasteiger partial charge is 0.381 e. The van der Waals surface area contributed by atoms with Gasteiger partial charge in [0, 0.05) is 12.2 Å². The van der Waals surface area contributed by atoms with Crippen molar-refractivity contribution in [2.24, 2.45) is 0 Å². The van der Waals surface area contributed by atoms with E-state index in [1.807, 2.05) is 25.1 Å². The van der Waals surface area contributed by atoms with Gasteiger partial charge in [0.25, 0.3) is 0 Å². The molecule has 2 aromatic rings. The molecule has 0 fully saturated rings. The second-order valence-corrected chi connectivity index (χ2v) is 6.91. The number of sulfonamides is 1. The smallest absolute Gasteiger partial charge is 0.240 e. The lowest BCUT2D eigenvalue weighted by atomic mass is 10.1. The van der Waals surface area contributed by atoms with Crippen LogP contribution in [0.3, 0.4) is 0 Å². The Bertz CT molecular complexity index is 740. The summed E-state index contributed by atoms with van der Waals surface area (Å²) in [5.74, 6) is 0. The molecule has 0 aliphatic rings. The number of benzene rings is 2. The maximum absolute atomic E-state index is 11.8. The maximum atomic E-state index is 11.8. The summed E-state index contributed by atoms with van der Waals surface area (Å²) in [6.07, 6.45) is 0. The Morgan fingerprint density at radius 1 is 1.05 bits per heavy atom. The topological polar surface area (TPSA) is 58.2 Å². The minimum atomic E-state index is -3.42. The number of nitrogens with one attached hydrogen (secondary N) is 2. The van der Waals surface area contributed by atoms with Crippen LogP contribution in [0.2, 0.25) is 0 Å². The third-order valence-electron chi connectivity index (χ3n) is 3.35. The molecule has 112 valence electrons. The summed E-state index contributed by atoms with van der Waals surface area (Å²) in [7, 11) is -2.01. The van der Waals surface area contributed by atoms with Crippen molar-refractivity contribution in [3.63, 3.8) is 0 Å². The fraction of sp³-hybridized carbons (Fsp3) is 0.250. The Kier molecular flexibility index (Phi) is 4.65. The van der Waals surface area contributed by atoms with Gasteiger partial charge in [-0.05, 0) is 44.2 Å². The average Bonchev–Trinajstić information content (AvgIpc) is 2.46. The van der Waals surface area contributed by atoms with Crippen molar-refractivity contribution in [3.8, 4) is 0 Å². The van der Waals surface area contributed by atoms with Crippen molar-refractivity contribution in [2.75, 3.05) is 12.4 Å². The highest BCUT2D eigenvalue weighted by atomic mass is 32.2. The van der Waals surface area contributed by atoms with E-state index in [2.05, 4.69) is 29.1 Å². The van der Waals surface area contributed by atoms with Gasteiger partial charge < -0.3 is 5.32 Å². The zero-order valence-corrected chi connectivity index (χ0v) is 13.3. The van der Waals surface area contributed by atoms with E-state index in [4.69, 9.17) is 0 Å². The van der Waals surface area contributed by atoms with E-state index in [-0.39, 0.29) is 4.90 Å². The van der Waals surface area contributed by atoms with Crippen LogP contribution in [0.15, 0.2) is 47.4 Å². The van der Waals surface area contributed by atoms with Gasteiger partial charge in [-0.25, -0.2) is 13.1 Å². The molecule has 0 aliphatic carbocycles. The minimum Gasteiger partial charge on any atom is -0.381 e. The van der Waals surface area contributed by atoms with E-state index >= 15 is 0 Å². The van der Waals surface area contributed by atoms with Gasteiger partial charge in [-0.1, -0.05) is 35.9 Å². The van der Waals surface area contributed by atoms with Gasteiger partial charge in [0.05, 0.1) is 4.90 Å². The molecule has 0 unspecified atom stereocenters. The molecule has 0 bridgehead atoms. The van der Waals surface area contributed by atoms with Crippen molar-refractivity contribution >= 4 is 15.7 Å². The van der Waals surface area contributed by atoms with Gasteiger partial charge in [0.15, 0.2) is 0 Å². The Labute approximate surface area is 126 Å². The molecule has 0 saturated heterocycles. The molecule has 2 aromatic carbocycles. The van der Waals surface area contributed by atoms with Crippen LogP contribution in [0, 0.1) is 13.8 Å². The molecule has 0 saturated carbocycles. The normalized spacial score (nSPS) is 11.4. The predicted octanol–water partition coefficient (Wildman–Crippen LogP) is 2.82. The molecule has 5 heteroatoms. The van der Waals surface area contributed by atoms with E-state index in [0.29, 0.717) is 6.54 Å². The monoisotopic (exact) mass is 304 g/mol. The van der Waals surface area contributed by atoms with Gasteiger partial charge in [-0.15, -0.1) is 0 Å². The van der Waals surface area contributed by atoms with Crippen molar-refractivity contribution in [1.82, 2.24) is 4.72 Å². The SMILES string of the molecule is CNS(=O)(=O)c1ccc(C)c(NCc2cccc(C)c2)c1. The summed E-state index contributed by atoms with van der Waals surface area (Å²) in [4.78, 5) is 0.266. The van der Waals surface area contributed by atoms with Crippen LogP contribution in [0.4, 0.5) is 5.69 Å². The molecular weight excluding hydrogens is 284 g/mol. The van der Waals surface area contributed by atoms with Crippen LogP contribution >= 0.6 is 0 Å². The van der Waals surface area contributed by atoms with E-state index < -0.39 is 10.0 Å². The van der Waals surface area contributed by atoms with Crippen LogP contribution in [-0.2, 0) is 16.6 Å². The Morgan fingerprint density at radius 3 is 2.48 bits per heavy atom.